The van der Waals surface area contributed by atoms with Gasteiger partial charge in [-0.1, -0.05) is 37.2 Å². The number of unbranched alkanes of at least 4 members (excludes halogenated alkanes) is 3. The van der Waals surface area contributed by atoms with Gasteiger partial charge in [-0.3, -0.25) is 4.79 Å². The Bertz CT molecular complexity index is 799. The summed E-state index contributed by atoms with van der Waals surface area (Å²) in [6.45, 7) is 0. The average molecular weight is 457 g/mol. The third-order valence-electron chi connectivity index (χ3n) is 6.05. The van der Waals surface area contributed by atoms with Crippen molar-refractivity contribution in [3.8, 4) is 11.8 Å². The van der Waals surface area contributed by atoms with E-state index in [-0.39, 0.29) is 36.7 Å². The largest absolute Gasteiger partial charge is 0.481 e. The highest BCUT2D eigenvalue weighted by Gasteiger charge is 2.40. The Hall–Kier alpha value is -2.08. The van der Waals surface area contributed by atoms with Gasteiger partial charge in [0.25, 0.3) is 0 Å². The molecule has 5 nitrogen and oxygen atoms in total. The highest BCUT2D eigenvalue weighted by molar-refractivity contribution is 5.66. The fourth-order valence-electron chi connectivity index (χ4n) is 4.35. The molecule has 0 amide bonds. The lowest BCUT2D eigenvalue weighted by Crippen LogP contribution is -2.23. The molecule has 8 heteroatoms. The quantitative estimate of drug-likeness (QED) is 0.315. The number of rotatable bonds is 10. The van der Waals surface area contributed by atoms with Crippen molar-refractivity contribution in [1.82, 2.24) is 0 Å². The molecule has 0 aromatic heterocycles. The summed E-state index contributed by atoms with van der Waals surface area (Å²) in [5.41, 5.74) is -0.636. The molecule has 1 fully saturated rings. The normalized spacial score (nSPS) is 24.1. The smallest absolute Gasteiger partial charge is 0.416 e. The van der Waals surface area contributed by atoms with Crippen molar-refractivity contribution >= 4 is 5.97 Å². The second-order valence-corrected chi connectivity index (χ2v) is 8.49. The fourth-order valence-corrected chi connectivity index (χ4v) is 4.35. The van der Waals surface area contributed by atoms with Crippen LogP contribution in [-0.4, -0.2) is 44.7 Å². The maximum absolute atomic E-state index is 12.8. The number of carbonyl (C=O) groups is 1. The fraction of sp³-hybridized carbons (Fsp3) is 0.625. The molecule has 0 spiro atoms. The topological polar surface area (TPSA) is 98.0 Å². The first-order valence-corrected chi connectivity index (χ1v) is 11.0. The average Bonchev–Trinajstić information content (AvgIpc) is 2.99. The van der Waals surface area contributed by atoms with E-state index in [1.165, 1.54) is 12.1 Å². The van der Waals surface area contributed by atoms with Crippen LogP contribution in [0.15, 0.2) is 24.3 Å². The second kappa shape index (κ2) is 12.2. The van der Waals surface area contributed by atoms with Gasteiger partial charge in [0.15, 0.2) is 0 Å². The number of carboxylic acids is 1. The molecule has 0 radical (unpaired) electrons. The Kier molecular flexibility index (Phi) is 10.0. The van der Waals surface area contributed by atoms with Gasteiger partial charge < -0.3 is 20.4 Å². The van der Waals surface area contributed by atoms with Crippen LogP contribution in [0, 0.1) is 23.7 Å². The summed E-state index contributed by atoms with van der Waals surface area (Å²) < 4.78 is 38.3. The predicted octanol–water partition coefficient (Wildman–Crippen LogP) is 3.98. The van der Waals surface area contributed by atoms with Crippen LogP contribution >= 0.6 is 0 Å². The molecule has 0 saturated heterocycles. The van der Waals surface area contributed by atoms with E-state index in [1.807, 2.05) is 0 Å². The number of hydrogen-bond donors (Lipinski definition) is 4. The van der Waals surface area contributed by atoms with Crippen LogP contribution in [0.2, 0.25) is 0 Å². The first-order chi connectivity index (χ1) is 15.1. The number of alkyl halides is 3. The number of hydrogen-bond acceptors (Lipinski definition) is 4. The van der Waals surface area contributed by atoms with Crippen LogP contribution in [0.5, 0.6) is 0 Å². The molecule has 1 unspecified atom stereocenters. The van der Waals surface area contributed by atoms with Gasteiger partial charge in [0.2, 0.25) is 0 Å². The Morgan fingerprint density at radius 2 is 1.72 bits per heavy atom. The third-order valence-corrected chi connectivity index (χ3v) is 6.05. The van der Waals surface area contributed by atoms with Crippen LogP contribution in [0.25, 0.3) is 0 Å². The minimum Gasteiger partial charge on any atom is -0.481 e. The highest BCUT2D eigenvalue weighted by atomic mass is 19.4. The third kappa shape index (κ3) is 8.45. The van der Waals surface area contributed by atoms with E-state index in [0.29, 0.717) is 19.3 Å². The molecule has 1 aliphatic rings. The minimum atomic E-state index is -4.46. The summed E-state index contributed by atoms with van der Waals surface area (Å²) in [7, 11) is 0. The van der Waals surface area contributed by atoms with E-state index in [1.54, 1.807) is 0 Å². The predicted molar refractivity (Wildman–Crippen MR) is 113 cm³/mol. The van der Waals surface area contributed by atoms with Crippen molar-refractivity contribution < 1.29 is 38.4 Å². The van der Waals surface area contributed by atoms with Crippen molar-refractivity contribution in [3.05, 3.63) is 35.4 Å². The van der Waals surface area contributed by atoms with Gasteiger partial charge in [-0.15, -0.1) is 0 Å². The van der Waals surface area contributed by atoms with Crippen LogP contribution in [0.1, 0.15) is 68.9 Å². The zero-order valence-electron chi connectivity index (χ0n) is 17.9. The van der Waals surface area contributed by atoms with Crippen molar-refractivity contribution in [3.63, 3.8) is 0 Å². The molecule has 0 heterocycles. The molecule has 32 heavy (non-hydrogen) atoms. The van der Waals surface area contributed by atoms with E-state index < -0.39 is 36.0 Å². The molecular formula is C24H31F3O5. The minimum absolute atomic E-state index is 0.104. The number of carboxylic acid groups (broad SMARTS) is 1. The van der Waals surface area contributed by atoms with Gasteiger partial charge in [-0.2, -0.15) is 13.2 Å². The lowest BCUT2D eigenvalue weighted by Gasteiger charge is -2.24. The van der Waals surface area contributed by atoms with Crippen molar-refractivity contribution in [2.24, 2.45) is 11.8 Å². The van der Waals surface area contributed by atoms with Gasteiger partial charge >= 0.3 is 12.1 Å². The Balaban J connectivity index is 1.84. The summed E-state index contributed by atoms with van der Waals surface area (Å²) in [4.78, 5) is 10.5. The molecule has 1 aromatic carbocycles. The maximum Gasteiger partial charge on any atom is 0.416 e. The molecule has 1 saturated carbocycles. The lowest BCUT2D eigenvalue weighted by molar-refractivity contribution is -0.138. The zero-order chi connectivity index (χ0) is 23.7. The number of aliphatic carboxylic acids is 1. The van der Waals surface area contributed by atoms with Crippen molar-refractivity contribution in [2.75, 3.05) is 0 Å². The Morgan fingerprint density at radius 3 is 2.38 bits per heavy atom. The molecule has 0 aliphatic heterocycles. The monoisotopic (exact) mass is 456 g/mol. The molecule has 1 aromatic rings. The van der Waals surface area contributed by atoms with Gasteiger partial charge in [-0.25, -0.2) is 0 Å². The summed E-state index contributed by atoms with van der Waals surface area (Å²) >= 11 is 0. The van der Waals surface area contributed by atoms with Gasteiger partial charge in [0, 0.05) is 12.0 Å². The molecule has 0 bridgehead atoms. The maximum atomic E-state index is 12.8. The first-order valence-electron chi connectivity index (χ1n) is 11.0. The molecule has 178 valence electrons. The van der Waals surface area contributed by atoms with Gasteiger partial charge in [0.1, 0.15) is 6.10 Å². The highest BCUT2D eigenvalue weighted by Crippen LogP contribution is 2.39. The first kappa shape index (κ1) is 26.2. The van der Waals surface area contributed by atoms with Crippen LogP contribution < -0.4 is 0 Å². The van der Waals surface area contributed by atoms with Crippen molar-refractivity contribution in [2.45, 2.75) is 82.3 Å². The Labute approximate surface area is 186 Å². The molecule has 5 atom stereocenters. The standard InChI is InChI=1S/C24H31F3O5/c25-24(26,27)17-7-5-6-16(14-17)10-11-18(28)12-13-20-19(21(29)15-22(20)30)8-3-1-2-4-9-23(31)32/h5-7,14,18-22,28-30H,1-4,8-9,12-13,15H2,(H,31,32)/t18?,19-,20-,21+,22-/m1/s1. The van der Waals surface area contributed by atoms with E-state index in [2.05, 4.69) is 11.8 Å². The SMILES string of the molecule is O=C(O)CCCCCC[C@@H]1[C@@H](CCC(O)C#Cc2cccc(C(F)(F)F)c2)[C@H](O)C[C@@H]1O. The van der Waals surface area contributed by atoms with Gasteiger partial charge in [0.05, 0.1) is 17.8 Å². The molecule has 1 aliphatic carbocycles. The van der Waals surface area contributed by atoms with E-state index in [9.17, 15) is 33.3 Å². The summed E-state index contributed by atoms with van der Waals surface area (Å²) in [5.74, 6) is 4.03. The number of aliphatic hydroxyl groups excluding tert-OH is 3. The van der Waals surface area contributed by atoms with E-state index in [0.717, 1.165) is 31.4 Å². The summed E-state index contributed by atoms with van der Waals surface area (Å²) in [5, 5.41) is 39.4. The van der Waals surface area contributed by atoms with Crippen LogP contribution in [-0.2, 0) is 11.0 Å². The van der Waals surface area contributed by atoms with E-state index in [4.69, 9.17) is 5.11 Å². The van der Waals surface area contributed by atoms with E-state index >= 15 is 0 Å². The number of benzene rings is 1. The number of aliphatic hydroxyl groups is 3. The lowest BCUT2D eigenvalue weighted by atomic mass is 9.85. The van der Waals surface area contributed by atoms with Crippen LogP contribution in [0.4, 0.5) is 13.2 Å². The molecule has 2 rings (SSSR count). The summed E-state index contributed by atoms with van der Waals surface area (Å²) in [6.07, 6.45) is -1.89. The Morgan fingerprint density at radius 1 is 1.06 bits per heavy atom. The molecular weight excluding hydrogens is 425 g/mol. The van der Waals surface area contributed by atoms with Gasteiger partial charge in [-0.05, 0) is 62.1 Å². The molecule has 4 N–H and O–H groups in total. The summed E-state index contributed by atoms with van der Waals surface area (Å²) in [6, 6.07) is 4.60. The second-order valence-electron chi connectivity index (χ2n) is 8.49. The number of halogens is 3. The van der Waals surface area contributed by atoms with Crippen molar-refractivity contribution in [1.29, 1.82) is 0 Å². The zero-order valence-corrected chi connectivity index (χ0v) is 17.9. The van der Waals surface area contributed by atoms with Crippen LogP contribution in [0.3, 0.4) is 0 Å².